The van der Waals surface area contributed by atoms with Crippen molar-refractivity contribution in [3.8, 4) is 11.3 Å². The fraction of sp³-hybridized carbons (Fsp3) is 0.200. The molecule has 0 saturated heterocycles. The molecule has 4 nitrogen and oxygen atoms in total. The standard InChI is InChI=1S/C20H17F2IN4S/c1-3-16-19(27-10-12(9-23)4-7-18(27)24-16)26(2)20-25-17(11-28-20)13-5-6-14(21)15(22)8-13/h4-8,10-11H,3,9H2,1-2H3. The highest BCUT2D eigenvalue weighted by Gasteiger charge is 2.19. The van der Waals surface area contributed by atoms with Gasteiger partial charge in [0.2, 0.25) is 0 Å². The molecule has 0 amide bonds. The van der Waals surface area contributed by atoms with Gasteiger partial charge in [-0.15, -0.1) is 11.3 Å². The van der Waals surface area contributed by atoms with E-state index in [1.165, 1.54) is 29.0 Å². The number of imidazole rings is 1. The summed E-state index contributed by atoms with van der Waals surface area (Å²) >= 11 is 3.80. The van der Waals surface area contributed by atoms with Crippen molar-refractivity contribution in [3.63, 3.8) is 0 Å². The van der Waals surface area contributed by atoms with Gasteiger partial charge in [0.25, 0.3) is 0 Å². The average Bonchev–Trinajstić information content (AvgIpc) is 3.33. The molecule has 0 atom stereocenters. The Hall–Kier alpha value is -2.07. The Kier molecular flexibility index (Phi) is 5.33. The molecule has 3 heterocycles. The summed E-state index contributed by atoms with van der Waals surface area (Å²) in [5, 5.41) is 2.61. The number of benzene rings is 1. The van der Waals surface area contributed by atoms with Gasteiger partial charge in [0, 0.05) is 28.6 Å². The van der Waals surface area contributed by atoms with Crippen LogP contribution in [0.3, 0.4) is 0 Å². The molecule has 0 N–H and O–H groups in total. The van der Waals surface area contributed by atoms with Gasteiger partial charge < -0.3 is 4.90 Å². The summed E-state index contributed by atoms with van der Waals surface area (Å²) in [4.78, 5) is 11.4. The first-order valence-electron chi connectivity index (χ1n) is 8.72. The van der Waals surface area contributed by atoms with Crippen LogP contribution in [-0.2, 0) is 10.8 Å². The Bertz CT molecular complexity index is 1150. The molecule has 0 spiro atoms. The molecule has 0 aliphatic rings. The van der Waals surface area contributed by atoms with Crippen molar-refractivity contribution in [2.75, 3.05) is 11.9 Å². The Labute approximate surface area is 179 Å². The normalized spacial score (nSPS) is 11.3. The van der Waals surface area contributed by atoms with Gasteiger partial charge in [0.05, 0.1) is 11.4 Å². The van der Waals surface area contributed by atoms with E-state index in [0.717, 1.165) is 39.2 Å². The SMILES string of the molecule is CCc1nc2ccc(CI)cn2c1N(C)c1nc(-c2ccc(F)c(F)c2)cs1. The molecule has 4 aromatic rings. The Balaban J connectivity index is 1.76. The number of anilines is 2. The number of hydrogen-bond acceptors (Lipinski definition) is 4. The van der Waals surface area contributed by atoms with Crippen LogP contribution < -0.4 is 4.90 Å². The molecular weight excluding hydrogens is 493 g/mol. The summed E-state index contributed by atoms with van der Waals surface area (Å²) in [6.07, 6.45) is 2.89. The molecule has 0 saturated carbocycles. The fourth-order valence-electron chi connectivity index (χ4n) is 3.09. The first-order valence-corrected chi connectivity index (χ1v) is 11.1. The molecule has 0 aliphatic carbocycles. The fourth-order valence-corrected chi connectivity index (χ4v) is 4.35. The first-order chi connectivity index (χ1) is 13.5. The van der Waals surface area contributed by atoms with Gasteiger partial charge >= 0.3 is 0 Å². The Morgan fingerprint density at radius 1 is 1.14 bits per heavy atom. The van der Waals surface area contributed by atoms with Crippen LogP contribution >= 0.6 is 33.9 Å². The van der Waals surface area contributed by atoms with Crippen molar-refractivity contribution in [1.82, 2.24) is 14.4 Å². The quantitative estimate of drug-likeness (QED) is 0.244. The molecule has 0 unspecified atom stereocenters. The molecule has 0 aliphatic heterocycles. The van der Waals surface area contributed by atoms with E-state index in [2.05, 4.69) is 51.2 Å². The molecule has 4 rings (SSSR count). The Morgan fingerprint density at radius 2 is 1.96 bits per heavy atom. The number of aromatic nitrogens is 3. The lowest BCUT2D eigenvalue weighted by atomic mass is 10.2. The van der Waals surface area contributed by atoms with E-state index in [4.69, 9.17) is 4.98 Å². The highest BCUT2D eigenvalue weighted by atomic mass is 127. The van der Waals surface area contributed by atoms with Crippen LogP contribution in [0.2, 0.25) is 0 Å². The lowest BCUT2D eigenvalue weighted by molar-refractivity contribution is 0.509. The molecule has 1 aromatic carbocycles. The molecule has 28 heavy (non-hydrogen) atoms. The number of nitrogens with zero attached hydrogens (tertiary/aromatic N) is 4. The van der Waals surface area contributed by atoms with Crippen LogP contribution in [0.4, 0.5) is 19.7 Å². The topological polar surface area (TPSA) is 33.4 Å². The van der Waals surface area contributed by atoms with Crippen molar-refractivity contribution in [2.45, 2.75) is 17.8 Å². The molecule has 0 bridgehead atoms. The van der Waals surface area contributed by atoms with Crippen LogP contribution in [-0.4, -0.2) is 21.4 Å². The van der Waals surface area contributed by atoms with Gasteiger partial charge in [-0.3, -0.25) is 4.40 Å². The molecule has 0 radical (unpaired) electrons. The van der Waals surface area contributed by atoms with E-state index in [0.29, 0.717) is 11.3 Å². The van der Waals surface area contributed by atoms with Gasteiger partial charge in [-0.2, -0.15) is 0 Å². The molecule has 3 aromatic heterocycles. The van der Waals surface area contributed by atoms with E-state index in [1.54, 1.807) is 0 Å². The maximum Gasteiger partial charge on any atom is 0.191 e. The monoisotopic (exact) mass is 510 g/mol. The zero-order valence-corrected chi connectivity index (χ0v) is 18.3. The second-order valence-corrected chi connectivity index (χ2v) is 7.94. The van der Waals surface area contributed by atoms with E-state index in [9.17, 15) is 8.78 Å². The van der Waals surface area contributed by atoms with Gasteiger partial charge in [0.1, 0.15) is 11.5 Å². The third kappa shape index (κ3) is 3.39. The maximum atomic E-state index is 13.6. The van der Waals surface area contributed by atoms with Crippen LogP contribution in [0.25, 0.3) is 16.9 Å². The smallest absolute Gasteiger partial charge is 0.191 e. The predicted molar refractivity (Wildman–Crippen MR) is 118 cm³/mol. The summed E-state index contributed by atoms with van der Waals surface area (Å²) < 4.78 is 29.8. The molecule has 8 heteroatoms. The molecular formula is C20H17F2IN4S. The van der Waals surface area contributed by atoms with Crippen molar-refractivity contribution in [3.05, 3.63) is 64.8 Å². The van der Waals surface area contributed by atoms with Crippen molar-refractivity contribution < 1.29 is 8.78 Å². The van der Waals surface area contributed by atoms with Gasteiger partial charge in [0.15, 0.2) is 16.8 Å². The highest BCUT2D eigenvalue weighted by molar-refractivity contribution is 14.1. The number of fused-ring (bicyclic) bond motifs is 1. The third-order valence-electron chi connectivity index (χ3n) is 4.53. The van der Waals surface area contributed by atoms with Gasteiger partial charge in [-0.25, -0.2) is 18.7 Å². The second kappa shape index (κ2) is 7.75. The van der Waals surface area contributed by atoms with Crippen molar-refractivity contribution >= 4 is 50.5 Å². The summed E-state index contributed by atoms with van der Waals surface area (Å²) in [5.41, 5.74) is 4.26. The number of aryl methyl sites for hydroxylation is 1. The van der Waals surface area contributed by atoms with Crippen LogP contribution in [0.1, 0.15) is 18.2 Å². The van der Waals surface area contributed by atoms with Crippen molar-refractivity contribution in [1.29, 1.82) is 0 Å². The summed E-state index contributed by atoms with van der Waals surface area (Å²) in [5.74, 6) is -0.766. The minimum Gasteiger partial charge on any atom is -0.305 e. The number of halogens is 3. The van der Waals surface area contributed by atoms with Crippen molar-refractivity contribution in [2.24, 2.45) is 0 Å². The van der Waals surface area contributed by atoms with Gasteiger partial charge in [-0.1, -0.05) is 35.6 Å². The predicted octanol–water partition coefficient (Wildman–Crippen LogP) is 6.00. The van der Waals surface area contributed by atoms with E-state index in [1.807, 2.05) is 23.4 Å². The maximum absolute atomic E-state index is 13.6. The van der Waals surface area contributed by atoms with E-state index >= 15 is 0 Å². The summed E-state index contributed by atoms with van der Waals surface area (Å²) in [7, 11) is 1.95. The minimum absolute atomic E-state index is 0.552. The highest BCUT2D eigenvalue weighted by Crippen LogP contribution is 2.34. The minimum atomic E-state index is -0.873. The zero-order chi connectivity index (χ0) is 19.8. The van der Waals surface area contributed by atoms with Crippen LogP contribution in [0, 0.1) is 11.6 Å². The molecule has 0 fully saturated rings. The van der Waals surface area contributed by atoms with Gasteiger partial charge in [-0.05, 0) is 36.2 Å². The number of hydrogen-bond donors (Lipinski definition) is 0. The largest absolute Gasteiger partial charge is 0.305 e. The zero-order valence-electron chi connectivity index (χ0n) is 15.3. The number of pyridine rings is 1. The average molecular weight is 510 g/mol. The first kappa shape index (κ1) is 19.3. The van der Waals surface area contributed by atoms with Crippen LogP contribution in [0.15, 0.2) is 41.9 Å². The molecule has 144 valence electrons. The summed E-state index contributed by atoms with van der Waals surface area (Å²) in [6.45, 7) is 2.08. The lowest BCUT2D eigenvalue weighted by Crippen LogP contribution is -2.13. The summed E-state index contributed by atoms with van der Waals surface area (Å²) in [6, 6.07) is 7.95. The van der Waals surface area contributed by atoms with E-state index < -0.39 is 11.6 Å². The number of rotatable bonds is 5. The van der Waals surface area contributed by atoms with Crippen LogP contribution in [0.5, 0.6) is 0 Å². The second-order valence-electron chi connectivity index (χ2n) is 6.34. The number of alkyl halides is 1. The Morgan fingerprint density at radius 3 is 2.68 bits per heavy atom. The lowest BCUT2D eigenvalue weighted by Gasteiger charge is -2.17. The number of thiazole rings is 1. The van der Waals surface area contributed by atoms with E-state index in [-0.39, 0.29) is 0 Å². The third-order valence-corrected chi connectivity index (χ3v) is 6.32.